The summed E-state index contributed by atoms with van der Waals surface area (Å²) in [4.78, 5) is 10.4. The van der Waals surface area contributed by atoms with E-state index in [-0.39, 0.29) is 6.61 Å². The highest BCUT2D eigenvalue weighted by molar-refractivity contribution is 5.74. The Kier molecular flexibility index (Phi) is 5.65. The van der Waals surface area contributed by atoms with E-state index in [0.29, 0.717) is 12.6 Å². The molecule has 88 valence electrons. The lowest BCUT2D eigenvalue weighted by molar-refractivity contribution is -0.122. The molecule has 1 fully saturated rings. The van der Waals surface area contributed by atoms with E-state index in [4.69, 9.17) is 10.5 Å². The van der Waals surface area contributed by atoms with Gasteiger partial charge >= 0.3 is 0 Å². The topological polar surface area (TPSA) is 64.3 Å². The molecule has 0 aromatic rings. The van der Waals surface area contributed by atoms with E-state index in [9.17, 15) is 4.79 Å². The molecule has 1 aliphatic rings. The number of hydrogen-bond acceptors (Lipinski definition) is 3. The number of nitrogens with two attached hydrogens (primary N) is 1. The van der Waals surface area contributed by atoms with Crippen molar-refractivity contribution in [2.75, 3.05) is 19.8 Å². The van der Waals surface area contributed by atoms with E-state index in [1.165, 1.54) is 25.7 Å². The third kappa shape index (κ3) is 5.14. The van der Waals surface area contributed by atoms with E-state index in [1.807, 2.05) is 0 Å². The number of carbonyl (C=O) groups excluding carboxylic acids is 1. The Bertz CT molecular complexity index is 197. The van der Waals surface area contributed by atoms with Gasteiger partial charge in [-0.05, 0) is 25.2 Å². The van der Waals surface area contributed by atoms with Gasteiger partial charge in [-0.2, -0.15) is 0 Å². The van der Waals surface area contributed by atoms with Crippen LogP contribution in [0.3, 0.4) is 0 Å². The minimum atomic E-state index is -0.401. The van der Waals surface area contributed by atoms with Crippen molar-refractivity contribution in [3.63, 3.8) is 0 Å². The molecule has 0 saturated heterocycles. The first kappa shape index (κ1) is 12.5. The van der Waals surface area contributed by atoms with Crippen LogP contribution in [-0.4, -0.2) is 31.7 Å². The number of carbonyl (C=O) groups is 1. The van der Waals surface area contributed by atoms with E-state index in [2.05, 4.69) is 12.2 Å². The van der Waals surface area contributed by atoms with E-state index >= 15 is 0 Å². The average molecular weight is 214 g/mol. The van der Waals surface area contributed by atoms with Gasteiger partial charge in [0.1, 0.15) is 6.61 Å². The number of amides is 1. The maximum Gasteiger partial charge on any atom is 0.243 e. The predicted octanol–water partition coefficient (Wildman–Crippen LogP) is 0.657. The van der Waals surface area contributed by atoms with Crippen LogP contribution in [-0.2, 0) is 9.53 Å². The van der Waals surface area contributed by atoms with Gasteiger partial charge in [0.05, 0.1) is 6.61 Å². The molecule has 0 radical (unpaired) electrons. The van der Waals surface area contributed by atoms with Gasteiger partial charge in [-0.1, -0.05) is 13.3 Å². The van der Waals surface area contributed by atoms with Gasteiger partial charge in [0.15, 0.2) is 0 Å². The van der Waals surface area contributed by atoms with Crippen molar-refractivity contribution in [2.45, 2.75) is 38.6 Å². The smallest absolute Gasteiger partial charge is 0.243 e. The number of primary amides is 1. The molecular formula is C11H22N2O2. The average Bonchev–Trinajstić information content (AvgIpc) is 2.65. The van der Waals surface area contributed by atoms with Crippen LogP contribution in [0.2, 0.25) is 0 Å². The zero-order valence-corrected chi connectivity index (χ0v) is 9.50. The zero-order chi connectivity index (χ0) is 11.1. The van der Waals surface area contributed by atoms with Crippen LogP contribution < -0.4 is 11.1 Å². The van der Waals surface area contributed by atoms with Crippen molar-refractivity contribution in [3.8, 4) is 0 Å². The molecular weight excluding hydrogens is 192 g/mol. The van der Waals surface area contributed by atoms with Crippen molar-refractivity contribution >= 4 is 5.91 Å². The minimum absolute atomic E-state index is 0.0317. The fourth-order valence-electron chi connectivity index (χ4n) is 2.14. The maximum absolute atomic E-state index is 10.4. The van der Waals surface area contributed by atoms with Crippen molar-refractivity contribution in [2.24, 2.45) is 11.7 Å². The fourth-order valence-corrected chi connectivity index (χ4v) is 2.14. The third-order valence-electron chi connectivity index (χ3n) is 3.04. The minimum Gasteiger partial charge on any atom is -0.370 e. The SMILES string of the molecule is CCC1CCC(NCCOCC(N)=O)C1. The monoisotopic (exact) mass is 214 g/mol. The summed E-state index contributed by atoms with van der Waals surface area (Å²) in [6.45, 7) is 3.66. The summed E-state index contributed by atoms with van der Waals surface area (Å²) in [6, 6.07) is 0.645. The maximum atomic E-state index is 10.4. The lowest BCUT2D eigenvalue weighted by Gasteiger charge is -2.12. The normalized spacial score (nSPS) is 25.7. The van der Waals surface area contributed by atoms with E-state index in [0.717, 1.165) is 12.5 Å². The van der Waals surface area contributed by atoms with Gasteiger partial charge in [0.25, 0.3) is 0 Å². The molecule has 1 saturated carbocycles. The second-order valence-electron chi connectivity index (χ2n) is 4.26. The van der Waals surface area contributed by atoms with Crippen molar-refractivity contribution in [3.05, 3.63) is 0 Å². The fraction of sp³-hybridized carbons (Fsp3) is 0.909. The van der Waals surface area contributed by atoms with Crippen LogP contribution in [0, 0.1) is 5.92 Å². The summed E-state index contributed by atoms with van der Waals surface area (Å²) < 4.78 is 5.07. The van der Waals surface area contributed by atoms with Crippen LogP contribution in [0.5, 0.6) is 0 Å². The molecule has 0 aromatic carbocycles. The predicted molar refractivity (Wildman–Crippen MR) is 59.4 cm³/mol. The lowest BCUT2D eigenvalue weighted by atomic mass is 10.1. The van der Waals surface area contributed by atoms with Crippen molar-refractivity contribution in [1.29, 1.82) is 0 Å². The molecule has 1 amide bonds. The molecule has 0 bridgehead atoms. The molecule has 4 nitrogen and oxygen atoms in total. The Morgan fingerprint density at radius 2 is 2.33 bits per heavy atom. The Morgan fingerprint density at radius 3 is 2.93 bits per heavy atom. The van der Waals surface area contributed by atoms with Gasteiger partial charge in [-0.15, -0.1) is 0 Å². The molecule has 0 aromatic heterocycles. The van der Waals surface area contributed by atoms with Crippen molar-refractivity contribution in [1.82, 2.24) is 5.32 Å². The quantitative estimate of drug-likeness (QED) is 0.612. The Labute approximate surface area is 91.5 Å². The highest BCUT2D eigenvalue weighted by Gasteiger charge is 2.22. The van der Waals surface area contributed by atoms with Crippen LogP contribution in [0.25, 0.3) is 0 Å². The number of ether oxygens (including phenoxy) is 1. The Hall–Kier alpha value is -0.610. The summed E-state index contributed by atoms with van der Waals surface area (Å²) in [5.41, 5.74) is 4.95. The van der Waals surface area contributed by atoms with Gasteiger partial charge < -0.3 is 15.8 Å². The number of nitrogens with one attached hydrogen (secondary N) is 1. The lowest BCUT2D eigenvalue weighted by Crippen LogP contribution is -2.31. The zero-order valence-electron chi connectivity index (χ0n) is 9.50. The Balaban J connectivity index is 1.94. The summed E-state index contributed by atoms with van der Waals surface area (Å²) in [6.07, 6.45) is 5.19. The standard InChI is InChI=1S/C11H22N2O2/c1-2-9-3-4-10(7-9)13-5-6-15-8-11(12)14/h9-10,13H,2-8H2,1H3,(H2,12,14). The van der Waals surface area contributed by atoms with E-state index < -0.39 is 5.91 Å². The molecule has 1 rings (SSSR count). The van der Waals surface area contributed by atoms with Gasteiger partial charge in [-0.3, -0.25) is 4.79 Å². The van der Waals surface area contributed by atoms with Gasteiger partial charge in [-0.25, -0.2) is 0 Å². The van der Waals surface area contributed by atoms with Crippen LogP contribution in [0.1, 0.15) is 32.6 Å². The first-order valence-corrected chi connectivity index (χ1v) is 5.81. The second-order valence-corrected chi connectivity index (χ2v) is 4.26. The van der Waals surface area contributed by atoms with Crippen molar-refractivity contribution < 1.29 is 9.53 Å². The summed E-state index contributed by atoms with van der Waals surface area (Å²) in [5.74, 6) is 0.496. The number of rotatable bonds is 7. The van der Waals surface area contributed by atoms with E-state index in [1.54, 1.807) is 0 Å². The summed E-state index contributed by atoms with van der Waals surface area (Å²) >= 11 is 0. The number of hydrogen-bond donors (Lipinski definition) is 2. The van der Waals surface area contributed by atoms with Crippen LogP contribution in [0.4, 0.5) is 0 Å². The summed E-state index contributed by atoms with van der Waals surface area (Å²) in [5, 5.41) is 3.44. The highest BCUT2D eigenvalue weighted by atomic mass is 16.5. The molecule has 15 heavy (non-hydrogen) atoms. The first-order chi connectivity index (χ1) is 7.22. The molecule has 2 unspecified atom stereocenters. The molecule has 3 N–H and O–H groups in total. The van der Waals surface area contributed by atoms with Crippen LogP contribution >= 0.6 is 0 Å². The first-order valence-electron chi connectivity index (χ1n) is 5.81. The molecule has 2 atom stereocenters. The molecule has 0 spiro atoms. The molecule has 4 heteroatoms. The molecule has 0 heterocycles. The largest absolute Gasteiger partial charge is 0.370 e. The van der Waals surface area contributed by atoms with Gasteiger partial charge in [0.2, 0.25) is 5.91 Å². The molecule has 1 aliphatic carbocycles. The molecule has 0 aliphatic heterocycles. The third-order valence-corrected chi connectivity index (χ3v) is 3.04. The highest BCUT2D eigenvalue weighted by Crippen LogP contribution is 2.27. The second kappa shape index (κ2) is 6.80. The Morgan fingerprint density at radius 1 is 1.53 bits per heavy atom. The van der Waals surface area contributed by atoms with Gasteiger partial charge in [0, 0.05) is 12.6 Å². The van der Waals surface area contributed by atoms with Crippen LogP contribution in [0.15, 0.2) is 0 Å². The summed E-state index contributed by atoms with van der Waals surface area (Å²) in [7, 11) is 0.